The fourth-order valence-corrected chi connectivity index (χ4v) is 8.40. The number of amides is 5. The Labute approximate surface area is 266 Å². The van der Waals surface area contributed by atoms with E-state index in [1.54, 1.807) is 4.90 Å². The van der Waals surface area contributed by atoms with Gasteiger partial charge in [0.2, 0.25) is 17.6 Å². The topological polar surface area (TPSA) is 168 Å². The van der Waals surface area contributed by atoms with E-state index in [1.165, 1.54) is 0 Å². The van der Waals surface area contributed by atoms with Crippen LogP contribution in [0.3, 0.4) is 0 Å². The highest BCUT2D eigenvalue weighted by atomic mass is 16.2. The van der Waals surface area contributed by atoms with E-state index in [1.807, 2.05) is 0 Å². The third-order valence-electron chi connectivity index (χ3n) is 11.4. The van der Waals surface area contributed by atoms with Crippen molar-refractivity contribution >= 4 is 35.3 Å². The zero-order chi connectivity index (χ0) is 32.3. The Balaban J connectivity index is 1.34. The molecule has 45 heavy (non-hydrogen) atoms. The number of piperidine rings is 1. The smallest absolute Gasteiger partial charge is 0.316 e. The summed E-state index contributed by atoms with van der Waals surface area (Å²) >= 11 is 0. The molecule has 5 N–H and O–H groups in total. The minimum absolute atomic E-state index is 0.0192. The molecule has 5 rings (SSSR count). The van der Waals surface area contributed by atoms with Crippen LogP contribution >= 0.6 is 0 Å². The number of nitrogens with zero attached hydrogens (tertiary/aromatic N) is 1. The number of ketones is 2. The lowest BCUT2D eigenvalue weighted by atomic mass is 9.81. The van der Waals surface area contributed by atoms with Crippen LogP contribution in [-0.2, 0) is 24.0 Å². The van der Waals surface area contributed by atoms with E-state index in [4.69, 9.17) is 5.73 Å². The molecule has 3 aliphatic carbocycles. The van der Waals surface area contributed by atoms with Gasteiger partial charge in [0.15, 0.2) is 5.78 Å². The van der Waals surface area contributed by atoms with Gasteiger partial charge in [-0.25, -0.2) is 4.79 Å². The second-order valence-corrected chi connectivity index (χ2v) is 15.0. The molecule has 0 aromatic carbocycles. The summed E-state index contributed by atoms with van der Waals surface area (Å²) in [5.41, 5.74) is 5.18. The highest BCUT2D eigenvalue weighted by molar-refractivity contribution is 6.37. The molecule has 5 fully saturated rings. The van der Waals surface area contributed by atoms with Crippen LogP contribution in [-0.4, -0.2) is 70.9 Å². The van der Waals surface area contributed by atoms with Crippen molar-refractivity contribution in [2.75, 3.05) is 6.54 Å². The highest BCUT2D eigenvalue weighted by Crippen LogP contribution is 2.65. The number of carbonyl (C=O) groups excluding carboxylic acids is 6. The van der Waals surface area contributed by atoms with Crippen LogP contribution in [0.25, 0.3) is 0 Å². The number of hydrogen-bond donors (Lipinski definition) is 4. The molecule has 11 nitrogen and oxygen atoms in total. The number of hydrogen-bond acceptors (Lipinski definition) is 6. The van der Waals surface area contributed by atoms with Crippen LogP contribution in [0.5, 0.6) is 0 Å². The van der Waals surface area contributed by atoms with E-state index in [-0.39, 0.29) is 40.8 Å². The summed E-state index contributed by atoms with van der Waals surface area (Å²) in [6.45, 7) is 4.54. The number of rotatable bonds is 7. The first kappa shape index (κ1) is 33.4. The minimum Gasteiger partial charge on any atom is -0.363 e. The number of primary amides is 1. The molecule has 6 atom stereocenters. The highest BCUT2D eigenvalue weighted by Gasteiger charge is 2.69. The van der Waals surface area contributed by atoms with E-state index < -0.39 is 47.8 Å². The van der Waals surface area contributed by atoms with Crippen LogP contribution < -0.4 is 21.7 Å². The molecule has 0 unspecified atom stereocenters. The van der Waals surface area contributed by atoms with Crippen molar-refractivity contribution in [1.29, 1.82) is 0 Å². The molecular formula is C34H53N5O6. The van der Waals surface area contributed by atoms with Gasteiger partial charge < -0.3 is 26.6 Å². The van der Waals surface area contributed by atoms with Crippen LogP contribution in [0, 0.1) is 29.1 Å². The summed E-state index contributed by atoms with van der Waals surface area (Å²) in [5.74, 6) is -2.41. The van der Waals surface area contributed by atoms with Gasteiger partial charge in [-0.1, -0.05) is 78.1 Å². The lowest BCUT2D eigenvalue weighted by Gasteiger charge is -2.34. The number of carbonyl (C=O) groups is 6. The lowest BCUT2D eigenvalue weighted by molar-refractivity contribution is -0.143. The van der Waals surface area contributed by atoms with Crippen molar-refractivity contribution in [3.8, 4) is 0 Å². The fourth-order valence-electron chi connectivity index (χ4n) is 8.40. The number of nitrogens with one attached hydrogen (secondary N) is 3. The van der Waals surface area contributed by atoms with Crippen molar-refractivity contribution in [2.45, 2.75) is 141 Å². The third kappa shape index (κ3) is 7.71. The largest absolute Gasteiger partial charge is 0.363 e. The molecule has 2 saturated heterocycles. The first-order valence-corrected chi connectivity index (χ1v) is 17.6. The molecule has 0 aromatic heterocycles. The van der Waals surface area contributed by atoms with Crippen molar-refractivity contribution in [3.05, 3.63) is 0 Å². The summed E-state index contributed by atoms with van der Waals surface area (Å²) in [7, 11) is 0. The first-order chi connectivity index (χ1) is 21.5. The van der Waals surface area contributed by atoms with Gasteiger partial charge in [0.25, 0.3) is 5.91 Å². The van der Waals surface area contributed by atoms with Gasteiger partial charge in [0.1, 0.15) is 12.1 Å². The Morgan fingerprint density at radius 2 is 1.42 bits per heavy atom. The molecule has 3 saturated carbocycles. The van der Waals surface area contributed by atoms with Gasteiger partial charge >= 0.3 is 6.03 Å². The molecular weight excluding hydrogens is 574 g/mol. The van der Waals surface area contributed by atoms with Crippen molar-refractivity contribution in [2.24, 2.45) is 34.8 Å². The van der Waals surface area contributed by atoms with Gasteiger partial charge in [0, 0.05) is 12.5 Å². The second kappa shape index (κ2) is 14.2. The van der Waals surface area contributed by atoms with Crippen LogP contribution in [0.1, 0.15) is 117 Å². The molecule has 0 bridgehead atoms. The molecule has 0 spiro atoms. The molecule has 250 valence electrons. The van der Waals surface area contributed by atoms with E-state index in [0.29, 0.717) is 25.8 Å². The molecule has 0 radical (unpaired) electrons. The zero-order valence-corrected chi connectivity index (χ0v) is 27.1. The van der Waals surface area contributed by atoms with Crippen molar-refractivity contribution < 1.29 is 28.8 Å². The number of fused-ring (bicyclic) bond motifs is 3. The summed E-state index contributed by atoms with van der Waals surface area (Å²) in [6, 6.07) is -3.74. The Bertz CT molecular complexity index is 1160. The zero-order valence-electron chi connectivity index (χ0n) is 27.1. The summed E-state index contributed by atoms with van der Waals surface area (Å²) in [5, 5.41) is 8.72. The van der Waals surface area contributed by atoms with Crippen LogP contribution in [0.15, 0.2) is 0 Å². The van der Waals surface area contributed by atoms with Crippen molar-refractivity contribution in [1.82, 2.24) is 20.9 Å². The Morgan fingerprint density at radius 3 is 2.04 bits per heavy atom. The predicted octanol–water partition coefficient (Wildman–Crippen LogP) is 3.13. The number of Topliss-reactive ketones (excluding diaryl/α,β-unsaturated/α-hetero) is 2. The van der Waals surface area contributed by atoms with E-state index in [2.05, 4.69) is 29.8 Å². The maximum absolute atomic E-state index is 14.2. The molecule has 11 heteroatoms. The normalized spacial score (nSPS) is 32.0. The average molecular weight is 628 g/mol. The summed E-state index contributed by atoms with van der Waals surface area (Å²) < 4.78 is 0. The Kier molecular flexibility index (Phi) is 10.5. The molecule has 5 amide bonds. The number of nitrogens with two attached hydrogens (primary N) is 1. The van der Waals surface area contributed by atoms with Crippen LogP contribution in [0.4, 0.5) is 4.79 Å². The average Bonchev–Trinajstić information content (AvgIpc) is 3.90. The van der Waals surface area contributed by atoms with Gasteiger partial charge in [-0.05, 0) is 61.7 Å². The second-order valence-electron chi connectivity index (χ2n) is 15.0. The fraction of sp³-hybridized carbons (Fsp3) is 0.824. The molecule has 5 aliphatic rings. The van der Waals surface area contributed by atoms with E-state index >= 15 is 0 Å². The standard InChI is InChI=1S/C34H53N5O6/c1-34(2)22-19-39-27(25(22)34)31(43)36-23(29(41)30(35)42)15-11-6-4-3-5-7-12-16-24(32(39)44)37-33(45)38-26(28(40)21-17-18-21)20-13-9-8-10-14-20/h20-27H,3-19H2,1-2H3,(H2,35,42)(H,36,43)(H2,37,38,45)/t22-,23+,24+,25-,26+,27+/m1/s1. The first-order valence-electron chi connectivity index (χ1n) is 17.6. The van der Waals surface area contributed by atoms with Gasteiger partial charge in [-0.2, -0.15) is 0 Å². The summed E-state index contributed by atoms with van der Waals surface area (Å²) in [6.07, 6.45) is 13.7. The maximum Gasteiger partial charge on any atom is 0.316 e. The SMILES string of the molecule is CC1(C)[C@H]2[C@H]3C(=O)N[C@H](C(=O)C(N)=O)CCCCCCCCC[C@H](NC(=O)N[C@H](C(=O)C4CC4)C4CCCCC4)C(=O)N3C[C@H]21. The third-order valence-corrected chi connectivity index (χ3v) is 11.4. The Hall–Kier alpha value is -2.98. The lowest BCUT2D eigenvalue weighted by Crippen LogP contribution is -2.59. The number of urea groups is 1. The van der Waals surface area contributed by atoms with E-state index in [9.17, 15) is 28.8 Å². The molecule has 2 aliphatic heterocycles. The van der Waals surface area contributed by atoms with Crippen LogP contribution in [0.2, 0.25) is 0 Å². The van der Waals surface area contributed by atoms with Gasteiger partial charge in [0.05, 0.1) is 12.1 Å². The molecule has 2 heterocycles. The van der Waals surface area contributed by atoms with Gasteiger partial charge in [-0.3, -0.25) is 24.0 Å². The van der Waals surface area contributed by atoms with Gasteiger partial charge in [-0.15, -0.1) is 0 Å². The Morgan fingerprint density at radius 1 is 0.844 bits per heavy atom. The van der Waals surface area contributed by atoms with E-state index in [0.717, 1.165) is 83.5 Å². The predicted molar refractivity (Wildman–Crippen MR) is 167 cm³/mol. The van der Waals surface area contributed by atoms with Crippen molar-refractivity contribution in [3.63, 3.8) is 0 Å². The molecule has 0 aromatic rings. The maximum atomic E-state index is 14.2. The summed E-state index contributed by atoms with van der Waals surface area (Å²) in [4.78, 5) is 80.9. The quantitative estimate of drug-likeness (QED) is 0.316. The minimum atomic E-state index is -1.08. The monoisotopic (exact) mass is 627 g/mol.